The van der Waals surface area contributed by atoms with E-state index in [0.29, 0.717) is 12.4 Å². The van der Waals surface area contributed by atoms with Gasteiger partial charge in [-0.15, -0.1) is 0 Å². The van der Waals surface area contributed by atoms with Crippen LogP contribution in [0.2, 0.25) is 0 Å². The molecule has 0 unspecified atom stereocenters. The Balaban J connectivity index is 2.83. The van der Waals surface area contributed by atoms with E-state index in [9.17, 15) is 0 Å². The minimum Gasteiger partial charge on any atom is -0.538 e. The van der Waals surface area contributed by atoms with E-state index < -0.39 is 0 Å². The molecule has 0 aliphatic carbocycles. The van der Waals surface area contributed by atoms with E-state index in [0.717, 1.165) is 5.75 Å². The number of hydrogen-bond acceptors (Lipinski definition) is 2. The van der Waals surface area contributed by atoms with Crippen LogP contribution < -0.4 is 9.16 Å². The zero-order chi connectivity index (χ0) is 8.10. The molecule has 0 amide bonds. The monoisotopic (exact) mass is 165 g/mol. The molecule has 0 aliphatic heterocycles. The van der Waals surface area contributed by atoms with Gasteiger partial charge in [0.25, 0.3) is 0 Å². The first-order chi connectivity index (χ1) is 5.38. The van der Waals surface area contributed by atoms with Crippen LogP contribution in [0.5, 0.6) is 11.5 Å². The maximum atomic E-state index is 5.27. The van der Waals surface area contributed by atoms with E-state index in [1.165, 1.54) is 0 Å². The van der Waals surface area contributed by atoms with E-state index in [-0.39, 0.29) is 0 Å². The van der Waals surface area contributed by atoms with Crippen LogP contribution in [0.25, 0.3) is 0 Å². The SMILES string of the molecule is CCOc1ccccc1O[Si]. The Kier molecular flexibility index (Phi) is 2.98. The molecule has 0 fully saturated rings. The summed E-state index contributed by atoms with van der Waals surface area (Å²) in [6.07, 6.45) is 0. The van der Waals surface area contributed by atoms with Crippen molar-refractivity contribution in [2.75, 3.05) is 6.61 Å². The van der Waals surface area contributed by atoms with Gasteiger partial charge >= 0.3 is 10.5 Å². The van der Waals surface area contributed by atoms with Gasteiger partial charge in [0.05, 0.1) is 6.61 Å². The lowest BCUT2D eigenvalue weighted by molar-refractivity contribution is 0.329. The van der Waals surface area contributed by atoms with Gasteiger partial charge in [-0.25, -0.2) is 0 Å². The highest BCUT2D eigenvalue weighted by Crippen LogP contribution is 2.25. The molecule has 1 aromatic carbocycles. The number of benzene rings is 1. The zero-order valence-electron chi connectivity index (χ0n) is 6.33. The minimum absolute atomic E-state index is 0.645. The fourth-order valence-electron chi connectivity index (χ4n) is 0.809. The molecule has 11 heavy (non-hydrogen) atoms. The second-order valence-electron chi connectivity index (χ2n) is 1.98. The van der Waals surface area contributed by atoms with Crippen LogP contribution in [0.4, 0.5) is 0 Å². The van der Waals surface area contributed by atoms with Gasteiger partial charge < -0.3 is 9.16 Å². The summed E-state index contributed by atoms with van der Waals surface area (Å²) in [5.41, 5.74) is 0. The summed E-state index contributed by atoms with van der Waals surface area (Å²) in [7, 11) is 2.95. The molecule has 57 valence electrons. The molecule has 0 saturated heterocycles. The van der Waals surface area contributed by atoms with E-state index >= 15 is 0 Å². The van der Waals surface area contributed by atoms with Gasteiger partial charge in [-0.3, -0.25) is 0 Å². The second kappa shape index (κ2) is 4.03. The van der Waals surface area contributed by atoms with Crippen molar-refractivity contribution in [1.82, 2.24) is 0 Å². The van der Waals surface area contributed by atoms with Crippen molar-refractivity contribution >= 4 is 10.5 Å². The van der Waals surface area contributed by atoms with Gasteiger partial charge in [-0.05, 0) is 19.1 Å². The molecular weight excluding hydrogens is 156 g/mol. The van der Waals surface area contributed by atoms with Crippen LogP contribution in [0.15, 0.2) is 24.3 Å². The van der Waals surface area contributed by atoms with Crippen LogP contribution in [0.1, 0.15) is 6.92 Å². The van der Waals surface area contributed by atoms with E-state index in [4.69, 9.17) is 9.16 Å². The topological polar surface area (TPSA) is 18.5 Å². The van der Waals surface area contributed by atoms with Crippen molar-refractivity contribution in [3.05, 3.63) is 24.3 Å². The molecule has 1 aromatic rings. The van der Waals surface area contributed by atoms with Crippen molar-refractivity contribution in [2.24, 2.45) is 0 Å². The van der Waals surface area contributed by atoms with Crippen LogP contribution in [-0.2, 0) is 0 Å². The summed E-state index contributed by atoms with van der Waals surface area (Å²) < 4.78 is 10.2. The van der Waals surface area contributed by atoms with Gasteiger partial charge in [0.2, 0.25) is 0 Å². The summed E-state index contributed by atoms with van der Waals surface area (Å²) in [5.74, 6) is 1.45. The second-order valence-corrected chi connectivity index (χ2v) is 2.19. The third-order valence-corrected chi connectivity index (χ3v) is 1.48. The maximum Gasteiger partial charge on any atom is 0.341 e. The molecule has 2 nitrogen and oxygen atoms in total. The summed E-state index contributed by atoms with van der Waals surface area (Å²) in [6.45, 7) is 2.58. The lowest BCUT2D eigenvalue weighted by Gasteiger charge is -2.07. The quantitative estimate of drug-likeness (QED) is 0.633. The number of para-hydroxylation sites is 2. The van der Waals surface area contributed by atoms with E-state index in [2.05, 4.69) is 10.5 Å². The van der Waals surface area contributed by atoms with E-state index in [1.54, 1.807) is 0 Å². The molecule has 3 heteroatoms. The zero-order valence-corrected chi connectivity index (χ0v) is 7.33. The van der Waals surface area contributed by atoms with E-state index in [1.807, 2.05) is 31.2 Å². The van der Waals surface area contributed by atoms with Crippen molar-refractivity contribution in [2.45, 2.75) is 6.92 Å². The smallest absolute Gasteiger partial charge is 0.341 e. The number of ether oxygens (including phenoxy) is 1. The largest absolute Gasteiger partial charge is 0.538 e. The summed E-state index contributed by atoms with van der Waals surface area (Å²) in [6, 6.07) is 7.48. The standard InChI is InChI=1S/C8H9O2Si/c1-2-9-7-5-3-4-6-8(7)10-11/h3-6H,2H2,1H3. The molecule has 0 heterocycles. The van der Waals surface area contributed by atoms with Crippen molar-refractivity contribution < 1.29 is 9.16 Å². The fraction of sp³-hybridized carbons (Fsp3) is 0.250. The molecule has 0 bridgehead atoms. The van der Waals surface area contributed by atoms with Gasteiger partial charge in [0.15, 0.2) is 5.75 Å². The Labute approximate surface area is 69.7 Å². The molecule has 0 aromatic heterocycles. The molecular formula is C8H9O2Si. The molecule has 0 atom stereocenters. The lowest BCUT2D eigenvalue weighted by Crippen LogP contribution is -1.94. The minimum atomic E-state index is 0.645. The van der Waals surface area contributed by atoms with Crippen molar-refractivity contribution in [1.29, 1.82) is 0 Å². The third-order valence-electron chi connectivity index (χ3n) is 1.26. The summed E-state index contributed by atoms with van der Waals surface area (Å²) >= 11 is 0. The molecule has 3 radical (unpaired) electrons. The average molecular weight is 165 g/mol. The number of hydrogen-bond donors (Lipinski definition) is 0. The normalized spacial score (nSPS) is 9.27. The lowest BCUT2D eigenvalue weighted by atomic mass is 10.3. The van der Waals surface area contributed by atoms with Crippen LogP contribution in [0.3, 0.4) is 0 Å². The van der Waals surface area contributed by atoms with Crippen LogP contribution >= 0.6 is 0 Å². The molecule has 0 saturated carbocycles. The first-order valence-corrected chi connectivity index (χ1v) is 3.84. The highest BCUT2D eigenvalue weighted by Gasteiger charge is 1.98. The Hall–Kier alpha value is -0.963. The van der Waals surface area contributed by atoms with Crippen LogP contribution in [-0.4, -0.2) is 17.1 Å². The Morgan fingerprint density at radius 3 is 2.45 bits per heavy atom. The van der Waals surface area contributed by atoms with Crippen LogP contribution in [0, 0.1) is 0 Å². The molecule has 0 N–H and O–H groups in total. The fourth-order valence-corrected chi connectivity index (χ4v) is 0.978. The van der Waals surface area contributed by atoms with Crippen molar-refractivity contribution in [3.63, 3.8) is 0 Å². The Bertz CT molecular complexity index is 225. The Morgan fingerprint density at radius 2 is 1.91 bits per heavy atom. The first kappa shape index (κ1) is 8.14. The van der Waals surface area contributed by atoms with Gasteiger partial charge in [-0.1, -0.05) is 12.1 Å². The molecule has 0 spiro atoms. The summed E-state index contributed by atoms with van der Waals surface area (Å²) in [5, 5.41) is 0. The predicted octanol–water partition coefficient (Wildman–Crippen LogP) is 1.55. The average Bonchev–Trinajstić information content (AvgIpc) is 2.06. The predicted molar refractivity (Wildman–Crippen MR) is 44.0 cm³/mol. The Morgan fingerprint density at radius 1 is 1.27 bits per heavy atom. The first-order valence-electron chi connectivity index (χ1n) is 3.44. The maximum absolute atomic E-state index is 5.27. The molecule has 0 aliphatic rings. The number of rotatable bonds is 3. The van der Waals surface area contributed by atoms with Gasteiger partial charge in [0, 0.05) is 0 Å². The van der Waals surface area contributed by atoms with Crippen molar-refractivity contribution in [3.8, 4) is 11.5 Å². The summed E-state index contributed by atoms with van der Waals surface area (Å²) in [4.78, 5) is 0. The highest BCUT2D eigenvalue weighted by atomic mass is 28.2. The van der Waals surface area contributed by atoms with Gasteiger partial charge in [-0.2, -0.15) is 0 Å². The van der Waals surface area contributed by atoms with Gasteiger partial charge in [0.1, 0.15) is 5.75 Å². The third kappa shape index (κ3) is 1.98. The highest BCUT2D eigenvalue weighted by molar-refractivity contribution is 6.00. The molecule has 1 rings (SSSR count).